The van der Waals surface area contributed by atoms with Gasteiger partial charge in [-0.3, -0.25) is 4.79 Å². The molecule has 0 aliphatic carbocycles. The van der Waals surface area contributed by atoms with Gasteiger partial charge in [0.25, 0.3) is 0 Å². The highest BCUT2D eigenvalue weighted by Crippen LogP contribution is 2.25. The summed E-state index contributed by atoms with van der Waals surface area (Å²) in [5.74, 6) is -1.24. The number of carbonyl (C=O) groups excluding carboxylic acids is 1. The molecule has 6 heteroatoms. The zero-order chi connectivity index (χ0) is 14.7. The van der Waals surface area contributed by atoms with Crippen LogP contribution in [0.25, 0.3) is 0 Å². The fraction of sp³-hybridized carbons (Fsp3) is 0.571. The van der Waals surface area contributed by atoms with Gasteiger partial charge in [0, 0.05) is 25.0 Å². The Morgan fingerprint density at radius 1 is 1.55 bits per heavy atom. The average Bonchev–Trinajstić information content (AvgIpc) is 2.99. The minimum atomic E-state index is -0.809. The number of carboxylic acid groups (broad SMARTS) is 1. The molecule has 2 heterocycles. The Morgan fingerprint density at radius 3 is 2.90 bits per heavy atom. The number of amides is 2. The van der Waals surface area contributed by atoms with E-state index in [-0.39, 0.29) is 12.1 Å². The van der Waals surface area contributed by atoms with Crippen LogP contribution in [0.4, 0.5) is 4.79 Å². The molecule has 2 unspecified atom stereocenters. The summed E-state index contributed by atoms with van der Waals surface area (Å²) in [4.78, 5) is 28.0. The molecule has 1 saturated heterocycles. The van der Waals surface area contributed by atoms with E-state index in [1.807, 2.05) is 24.4 Å². The number of aliphatic carboxylic acids is 1. The molecule has 2 amide bonds. The third kappa shape index (κ3) is 3.12. The number of likely N-dealkylation sites (tertiary alicyclic amines) is 1. The highest BCUT2D eigenvalue weighted by Gasteiger charge is 2.31. The highest BCUT2D eigenvalue weighted by atomic mass is 32.1. The molecule has 0 radical (unpaired) electrons. The van der Waals surface area contributed by atoms with E-state index in [9.17, 15) is 9.59 Å². The predicted octanol–water partition coefficient (Wildman–Crippen LogP) is 2.66. The molecular formula is C14H20N2O3S. The molecule has 0 aromatic carbocycles. The second-order valence-corrected chi connectivity index (χ2v) is 6.19. The smallest absolute Gasteiger partial charge is 0.320 e. The molecule has 2 rings (SSSR count). The van der Waals surface area contributed by atoms with Gasteiger partial charge in [0.1, 0.15) is 0 Å². The third-order valence-corrected chi connectivity index (χ3v) is 4.92. The maximum atomic E-state index is 12.5. The molecule has 1 aromatic rings. The summed E-state index contributed by atoms with van der Waals surface area (Å²) in [6.45, 7) is 2.95. The zero-order valence-electron chi connectivity index (χ0n) is 11.8. The maximum Gasteiger partial charge on any atom is 0.320 e. The van der Waals surface area contributed by atoms with Crippen molar-refractivity contribution in [1.29, 1.82) is 0 Å². The molecule has 0 spiro atoms. The summed E-state index contributed by atoms with van der Waals surface area (Å²) < 4.78 is 0. The maximum absolute atomic E-state index is 12.5. The van der Waals surface area contributed by atoms with Gasteiger partial charge in [-0.1, -0.05) is 6.07 Å². The lowest BCUT2D eigenvalue weighted by Crippen LogP contribution is -2.48. The minimum Gasteiger partial charge on any atom is -0.481 e. The Balaban J connectivity index is 2.01. The van der Waals surface area contributed by atoms with Crippen LogP contribution in [0.15, 0.2) is 17.5 Å². The van der Waals surface area contributed by atoms with Crippen LogP contribution in [0.5, 0.6) is 0 Å². The zero-order valence-corrected chi connectivity index (χ0v) is 12.6. The molecule has 1 aromatic heterocycles. The second kappa shape index (κ2) is 6.26. The molecule has 1 fully saturated rings. The first-order valence-electron chi connectivity index (χ1n) is 6.78. The van der Waals surface area contributed by atoms with E-state index in [2.05, 4.69) is 0 Å². The number of nitrogens with zero attached hydrogens (tertiary/aromatic N) is 2. The molecule has 1 aliphatic heterocycles. The summed E-state index contributed by atoms with van der Waals surface area (Å²) >= 11 is 1.62. The van der Waals surface area contributed by atoms with Crippen LogP contribution in [0.1, 0.15) is 30.7 Å². The fourth-order valence-corrected chi connectivity index (χ4v) is 3.29. The van der Waals surface area contributed by atoms with E-state index >= 15 is 0 Å². The largest absolute Gasteiger partial charge is 0.481 e. The Morgan fingerprint density at radius 2 is 2.30 bits per heavy atom. The van der Waals surface area contributed by atoms with E-state index in [0.717, 1.165) is 11.3 Å². The molecule has 1 aliphatic rings. The molecule has 20 heavy (non-hydrogen) atoms. The second-order valence-electron chi connectivity index (χ2n) is 5.21. The van der Waals surface area contributed by atoms with Crippen molar-refractivity contribution in [1.82, 2.24) is 9.80 Å². The van der Waals surface area contributed by atoms with Crippen LogP contribution < -0.4 is 0 Å². The highest BCUT2D eigenvalue weighted by molar-refractivity contribution is 7.10. The minimum absolute atomic E-state index is 0.00713. The van der Waals surface area contributed by atoms with E-state index in [0.29, 0.717) is 19.5 Å². The van der Waals surface area contributed by atoms with Crippen LogP contribution in [0.3, 0.4) is 0 Å². The van der Waals surface area contributed by atoms with Crippen molar-refractivity contribution in [3.63, 3.8) is 0 Å². The molecule has 1 N–H and O–H groups in total. The molecule has 2 atom stereocenters. The Hall–Kier alpha value is -1.56. The normalized spacial score (nSPS) is 20.5. The number of hydrogen-bond acceptors (Lipinski definition) is 3. The third-order valence-electron chi connectivity index (χ3n) is 3.88. The van der Waals surface area contributed by atoms with Crippen molar-refractivity contribution in [2.24, 2.45) is 5.92 Å². The van der Waals surface area contributed by atoms with Gasteiger partial charge in [-0.15, -0.1) is 11.3 Å². The van der Waals surface area contributed by atoms with E-state index in [4.69, 9.17) is 5.11 Å². The number of thiophene rings is 1. The van der Waals surface area contributed by atoms with Gasteiger partial charge >= 0.3 is 12.0 Å². The lowest BCUT2D eigenvalue weighted by Gasteiger charge is -2.35. The number of carbonyl (C=O) groups is 2. The molecule has 110 valence electrons. The molecule has 5 nitrogen and oxygen atoms in total. The van der Waals surface area contributed by atoms with Gasteiger partial charge in [0.15, 0.2) is 0 Å². The van der Waals surface area contributed by atoms with Gasteiger partial charge in [0.2, 0.25) is 0 Å². The quantitative estimate of drug-likeness (QED) is 0.932. The summed E-state index contributed by atoms with van der Waals surface area (Å²) in [5.41, 5.74) is 0. The molecule has 0 saturated carbocycles. The number of rotatable bonds is 3. The number of piperidine rings is 1. The van der Waals surface area contributed by atoms with Crippen LogP contribution in [0, 0.1) is 5.92 Å². The lowest BCUT2D eigenvalue weighted by atomic mass is 9.98. The van der Waals surface area contributed by atoms with Crippen LogP contribution >= 0.6 is 11.3 Å². The van der Waals surface area contributed by atoms with Crippen molar-refractivity contribution in [3.05, 3.63) is 22.4 Å². The van der Waals surface area contributed by atoms with Crippen molar-refractivity contribution in [2.75, 3.05) is 20.1 Å². The van der Waals surface area contributed by atoms with Gasteiger partial charge in [-0.25, -0.2) is 4.79 Å². The first kappa shape index (κ1) is 14.8. The number of urea groups is 1. The topological polar surface area (TPSA) is 60.9 Å². The van der Waals surface area contributed by atoms with Crippen molar-refractivity contribution >= 4 is 23.3 Å². The Labute approximate surface area is 122 Å². The van der Waals surface area contributed by atoms with Gasteiger partial charge in [0.05, 0.1) is 12.0 Å². The molecule has 0 bridgehead atoms. The lowest BCUT2D eigenvalue weighted by molar-refractivity contribution is -0.143. The predicted molar refractivity (Wildman–Crippen MR) is 77.8 cm³/mol. The first-order chi connectivity index (χ1) is 9.50. The van der Waals surface area contributed by atoms with Gasteiger partial charge in [-0.05, 0) is 31.2 Å². The Bertz CT molecular complexity index is 475. The van der Waals surface area contributed by atoms with Gasteiger partial charge in [-0.2, -0.15) is 0 Å². The monoisotopic (exact) mass is 296 g/mol. The van der Waals surface area contributed by atoms with E-state index < -0.39 is 11.9 Å². The van der Waals surface area contributed by atoms with E-state index in [1.165, 1.54) is 0 Å². The van der Waals surface area contributed by atoms with Crippen LogP contribution in [-0.4, -0.2) is 47.0 Å². The standard InChI is InChI=1S/C14H20N2O3S/c1-10(12-6-4-8-20-12)15(2)14(19)16-7-3-5-11(9-16)13(17)18/h4,6,8,10-11H,3,5,7,9H2,1-2H3,(H,17,18). The first-order valence-corrected chi connectivity index (χ1v) is 7.66. The SMILES string of the molecule is CC(c1cccs1)N(C)C(=O)N1CCCC(C(=O)O)C1. The van der Waals surface area contributed by atoms with E-state index in [1.54, 1.807) is 28.2 Å². The average molecular weight is 296 g/mol. The van der Waals surface area contributed by atoms with Crippen molar-refractivity contribution < 1.29 is 14.7 Å². The number of carboxylic acids is 1. The fourth-order valence-electron chi connectivity index (χ4n) is 2.46. The van der Waals surface area contributed by atoms with Crippen molar-refractivity contribution in [3.8, 4) is 0 Å². The Kier molecular flexibility index (Phi) is 4.65. The number of hydrogen-bond donors (Lipinski definition) is 1. The van der Waals surface area contributed by atoms with Gasteiger partial charge < -0.3 is 14.9 Å². The summed E-state index contributed by atoms with van der Waals surface area (Å²) in [5, 5.41) is 11.1. The summed E-state index contributed by atoms with van der Waals surface area (Å²) in [6, 6.07) is 3.90. The van der Waals surface area contributed by atoms with Crippen LogP contribution in [0.2, 0.25) is 0 Å². The molecular weight excluding hydrogens is 276 g/mol. The van der Waals surface area contributed by atoms with Crippen LogP contribution in [-0.2, 0) is 4.79 Å². The summed E-state index contributed by atoms with van der Waals surface area (Å²) in [6.07, 6.45) is 1.41. The summed E-state index contributed by atoms with van der Waals surface area (Å²) in [7, 11) is 1.77. The van der Waals surface area contributed by atoms with Crippen molar-refractivity contribution in [2.45, 2.75) is 25.8 Å².